The molecule has 0 aliphatic carbocycles. The summed E-state index contributed by atoms with van der Waals surface area (Å²) in [6.45, 7) is 0. The maximum Gasteiger partial charge on any atom is 0.164 e. The van der Waals surface area contributed by atoms with Gasteiger partial charge in [0, 0.05) is 27.5 Å². The highest BCUT2D eigenvalue weighted by molar-refractivity contribution is 6.13. The molecule has 9 rings (SSSR count). The standard InChI is InChI=1S/C46H28N4O/c47-29-30-21-23-31(24-22-30)34-15-9-16-35(27-34)44-48-45(50-46(49-44)39-18-8-7-17-37(39)32-11-3-1-4-12-32)36-25-26-40-42(28-36)51-41-20-10-19-38(43(40)41)33-13-5-2-6-14-33/h1-28H. The molecule has 0 amide bonds. The van der Waals surface area contributed by atoms with Crippen LogP contribution in [0.5, 0.6) is 0 Å². The zero-order valence-corrected chi connectivity index (χ0v) is 27.4. The maximum atomic E-state index is 9.30. The predicted octanol–water partition coefficient (Wildman–Crippen LogP) is 11.6. The Hall–Kier alpha value is -7.16. The highest BCUT2D eigenvalue weighted by atomic mass is 16.3. The summed E-state index contributed by atoms with van der Waals surface area (Å²) in [7, 11) is 0. The molecule has 0 saturated carbocycles. The van der Waals surface area contributed by atoms with E-state index in [0.29, 0.717) is 23.0 Å². The number of hydrogen-bond acceptors (Lipinski definition) is 5. The molecule has 0 radical (unpaired) electrons. The summed E-state index contributed by atoms with van der Waals surface area (Å²) in [5.74, 6) is 1.69. The summed E-state index contributed by atoms with van der Waals surface area (Å²) in [6.07, 6.45) is 0. The summed E-state index contributed by atoms with van der Waals surface area (Å²) in [6, 6.07) is 59.2. The van der Waals surface area contributed by atoms with Crippen molar-refractivity contribution < 1.29 is 4.42 Å². The van der Waals surface area contributed by atoms with Gasteiger partial charge in [0.1, 0.15) is 11.2 Å². The van der Waals surface area contributed by atoms with Crippen LogP contribution in [0.2, 0.25) is 0 Å². The van der Waals surface area contributed by atoms with E-state index in [9.17, 15) is 5.26 Å². The highest BCUT2D eigenvalue weighted by Crippen LogP contribution is 2.39. The number of furan rings is 1. The van der Waals surface area contributed by atoms with E-state index in [-0.39, 0.29) is 0 Å². The topological polar surface area (TPSA) is 75.6 Å². The first-order chi connectivity index (χ1) is 25.2. The minimum Gasteiger partial charge on any atom is -0.456 e. The van der Waals surface area contributed by atoms with Crippen molar-refractivity contribution in [3.8, 4) is 73.6 Å². The highest BCUT2D eigenvalue weighted by Gasteiger charge is 2.18. The largest absolute Gasteiger partial charge is 0.456 e. The molecule has 0 atom stereocenters. The van der Waals surface area contributed by atoms with Crippen molar-refractivity contribution in [1.82, 2.24) is 15.0 Å². The van der Waals surface area contributed by atoms with Gasteiger partial charge >= 0.3 is 0 Å². The van der Waals surface area contributed by atoms with Crippen LogP contribution >= 0.6 is 0 Å². The van der Waals surface area contributed by atoms with Crippen LogP contribution in [0.1, 0.15) is 5.56 Å². The van der Waals surface area contributed by atoms with Crippen molar-refractivity contribution in [2.24, 2.45) is 0 Å². The average Bonchev–Trinajstić information content (AvgIpc) is 3.60. The summed E-state index contributed by atoms with van der Waals surface area (Å²) >= 11 is 0. The van der Waals surface area contributed by atoms with Gasteiger partial charge in [-0.05, 0) is 69.8 Å². The Bertz CT molecular complexity index is 2750. The lowest BCUT2D eigenvalue weighted by Gasteiger charge is -2.12. The second-order valence-corrected chi connectivity index (χ2v) is 12.3. The molecule has 0 aliphatic rings. The Kier molecular flexibility index (Phi) is 7.46. The molecule has 0 spiro atoms. The molecule has 2 heterocycles. The van der Waals surface area contributed by atoms with Crippen molar-refractivity contribution >= 4 is 21.9 Å². The van der Waals surface area contributed by atoms with E-state index in [1.54, 1.807) is 0 Å². The first-order valence-electron chi connectivity index (χ1n) is 16.7. The van der Waals surface area contributed by atoms with E-state index in [1.807, 2.05) is 91.0 Å². The monoisotopic (exact) mass is 652 g/mol. The van der Waals surface area contributed by atoms with Gasteiger partial charge in [0.05, 0.1) is 11.6 Å². The van der Waals surface area contributed by atoms with Crippen LogP contribution < -0.4 is 0 Å². The number of nitrogens with zero attached hydrogens (tertiary/aromatic N) is 4. The van der Waals surface area contributed by atoms with E-state index in [1.165, 1.54) is 0 Å². The van der Waals surface area contributed by atoms with Crippen LogP contribution in [0.15, 0.2) is 174 Å². The molecular formula is C46H28N4O. The van der Waals surface area contributed by atoms with Crippen LogP contribution in [0.4, 0.5) is 0 Å². The van der Waals surface area contributed by atoms with Gasteiger partial charge in [-0.25, -0.2) is 15.0 Å². The summed E-state index contributed by atoms with van der Waals surface area (Å²) < 4.78 is 6.47. The fourth-order valence-electron chi connectivity index (χ4n) is 6.70. The van der Waals surface area contributed by atoms with Gasteiger partial charge < -0.3 is 4.42 Å². The van der Waals surface area contributed by atoms with Crippen molar-refractivity contribution in [1.29, 1.82) is 5.26 Å². The van der Waals surface area contributed by atoms with Crippen molar-refractivity contribution in [3.63, 3.8) is 0 Å². The van der Waals surface area contributed by atoms with Crippen molar-refractivity contribution in [3.05, 3.63) is 175 Å². The molecule has 9 aromatic rings. The third-order valence-corrected chi connectivity index (χ3v) is 9.20. The number of benzene rings is 7. The minimum absolute atomic E-state index is 0.548. The molecule has 238 valence electrons. The molecule has 0 N–H and O–H groups in total. The van der Waals surface area contributed by atoms with Crippen LogP contribution in [-0.2, 0) is 0 Å². The Labute approximate surface area is 294 Å². The van der Waals surface area contributed by atoms with Gasteiger partial charge in [0.15, 0.2) is 17.5 Å². The Morgan fingerprint density at radius 3 is 1.67 bits per heavy atom. The smallest absolute Gasteiger partial charge is 0.164 e. The van der Waals surface area contributed by atoms with Gasteiger partial charge in [-0.2, -0.15) is 5.26 Å². The van der Waals surface area contributed by atoms with E-state index in [0.717, 1.165) is 72.0 Å². The van der Waals surface area contributed by atoms with E-state index >= 15 is 0 Å². The van der Waals surface area contributed by atoms with Gasteiger partial charge in [0.25, 0.3) is 0 Å². The summed E-state index contributed by atoms with van der Waals surface area (Å²) in [5.41, 5.74) is 11.2. The molecule has 0 aliphatic heterocycles. The fourth-order valence-corrected chi connectivity index (χ4v) is 6.70. The van der Waals surface area contributed by atoms with E-state index < -0.39 is 0 Å². The molecule has 5 nitrogen and oxygen atoms in total. The number of aromatic nitrogens is 3. The molecule has 0 fully saturated rings. The molecule has 0 unspecified atom stereocenters. The Balaban J connectivity index is 1.22. The second-order valence-electron chi connectivity index (χ2n) is 12.3. The zero-order valence-electron chi connectivity index (χ0n) is 27.4. The maximum absolute atomic E-state index is 9.30. The molecule has 0 saturated heterocycles. The molecule has 51 heavy (non-hydrogen) atoms. The SMILES string of the molecule is N#Cc1ccc(-c2cccc(-c3nc(-c4ccc5c(c4)oc4cccc(-c6ccccc6)c45)nc(-c4ccccc4-c4ccccc4)n3)c2)cc1. The molecule has 2 aromatic heterocycles. The quantitative estimate of drug-likeness (QED) is 0.179. The number of fused-ring (bicyclic) bond motifs is 3. The first kappa shape index (κ1) is 29.9. The number of nitriles is 1. The summed E-state index contributed by atoms with van der Waals surface area (Å²) in [4.78, 5) is 15.3. The lowest BCUT2D eigenvalue weighted by molar-refractivity contribution is 0.669. The van der Waals surface area contributed by atoms with Gasteiger partial charge in [-0.15, -0.1) is 0 Å². The number of rotatable bonds is 6. The second kappa shape index (κ2) is 12.7. The third kappa shape index (κ3) is 5.61. The van der Waals surface area contributed by atoms with Crippen molar-refractivity contribution in [2.45, 2.75) is 0 Å². The Morgan fingerprint density at radius 2 is 0.941 bits per heavy atom. The lowest BCUT2D eigenvalue weighted by atomic mass is 9.98. The zero-order chi connectivity index (χ0) is 34.1. The minimum atomic E-state index is 0.548. The Morgan fingerprint density at radius 1 is 0.392 bits per heavy atom. The van der Waals surface area contributed by atoms with Crippen molar-refractivity contribution in [2.75, 3.05) is 0 Å². The van der Waals surface area contributed by atoms with E-state index in [2.05, 4.69) is 84.9 Å². The van der Waals surface area contributed by atoms with Gasteiger partial charge in [-0.1, -0.05) is 133 Å². The summed E-state index contributed by atoms with van der Waals surface area (Å²) in [5, 5.41) is 11.4. The van der Waals surface area contributed by atoms with Gasteiger partial charge in [-0.3, -0.25) is 0 Å². The number of hydrogen-bond donors (Lipinski definition) is 0. The van der Waals surface area contributed by atoms with Crippen LogP contribution in [0.25, 0.3) is 89.5 Å². The van der Waals surface area contributed by atoms with Crippen LogP contribution in [0, 0.1) is 11.3 Å². The molecule has 5 heteroatoms. The normalized spacial score (nSPS) is 11.1. The fraction of sp³-hybridized carbons (Fsp3) is 0. The van der Waals surface area contributed by atoms with Crippen LogP contribution in [0.3, 0.4) is 0 Å². The van der Waals surface area contributed by atoms with E-state index in [4.69, 9.17) is 19.4 Å². The molecule has 7 aromatic carbocycles. The molecular weight excluding hydrogens is 625 g/mol. The first-order valence-corrected chi connectivity index (χ1v) is 16.7. The van der Waals surface area contributed by atoms with Gasteiger partial charge in [0.2, 0.25) is 0 Å². The average molecular weight is 653 g/mol. The third-order valence-electron chi connectivity index (χ3n) is 9.20. The molecule has 0 bridgehead atoms. The predicted molar refractivity (Wildman–Crippen MR) is 204 cm³/mol. The lowest BCUT2D eigenvalue weighted by Crippen LogP contribution is -2.01. The van der Waals surface area contributed by atoms with Crippen LogP contribution in [-0.4, -0.2) is 15.0 Å².